The van der Waals surface area contributed by atoms with Crippen molar-refractivity contribution in [1.82, 2.24) is 5.32 Å². The fraction of sp³-hybridized carbons (Fsp3) is 0.600. The van der Waals surface area contributed by atoms with Crippen LogP contribution in [-0.2, 0) is 0 Å². The summed E-state index contributed by atoms with van der Waals surface area (Å²) in [7, 11) is 0. The molecule has 98 valence electrons. The van der Waals surface area contributed by atoms with Gasteiger partial charge in [-0.2, -0.15) is 0 Å². The molecule has 0 aromatic heterocycles. The second-order valence-corrected chi connectivity index (χ2v) is 5.49. The molecule has 1 heterocycles. The van der Waals surface area contributed by atoms with Gasteiger partial charge in [0.05, 0.1) is 0 Å². The predicted molar refractivity (Wildman–Crippen MR) is 69.3 cm³/mol. The molecule has 1 aliphatic carbocycles. The van der Waals surface area contributed by atoms with Gasteiger partial charge in [-0.15, -0.1) is 0 Å². The molecule has 0 bridgehead atoms. The lowest BCUT2D eigenvalue weighted by molar-refractivity contribution is 0.0367. The molecule has 1 aromatic rings. The van der Waals surface area contributed by atoms with Gasteiger partial charge in [0.2, 0.25) is 0 Å². The lowest BCUT2D eigenvalue weighted by Gasteiger charge is -2.40. The van der Waals surface area contributed by atoms with E-state index in [1.165, 1.54) is 18.9 Å². The third-order valence-electron chi connectivity index (χ3n) is 4.22. The van der Waals surface area contributed by atoms with Gasteiger partial charge < -0.3 is 10.1 Å². The minimum Gasteiger partial charge on any atom is -0.487 e. The molecule has 1 spiro atoms. The van der Waals surface area contributed by atoms with Crippen molar-refractivity contribution in [3.05, 3.63) is 29.6 Å². The van der Waals surface area contributed by atoms with E-state index in [-0.39, 0.29) is 11.4 Å². The number of fused-ring (bicyclic) bond motifs is 1. The van der Waals surface area contributed by atoms with E-state index in [1.807, 2.05) is 6.07 Å². The van der Waals surface area contributed by atoms with Crippen LogP contribution in [0, 0.1) is 5.82 Å². The Hall–Kier alpha value is -1.09. The SMILES string of the molecule is CCNC1CC2(CCCC2)Oc2cc(F)ccc21. The molecule has 2 aliphatic rings. The fourth-order valence-electron chi connectivity index (χ4n) is 3.40. The molecular formula is C15H20FNO. The smallest absolute Gasteiger partial charge is 0.127 e. The Kier molecular flexibility index (Phi) is 3.02. The zero-order valence-electron chi connectivity index (χ0n) is 10.8. The molecule has 3 heteroatoms. The van der Waals surface area contributed by atoms with Crippen LogP contribution in [0.2, 0.25) is 0 Å². The topological polar surface area (TPSA) is 21.3 Å². The van der Waals surface area contributed by atoms with Crippen molar-refractivity contribution in [3.63, 3.8) is 0 Å². The highest BCUT2D eigenvalue weighted by molar-refractivity contribution is 5.39. The average Bonchev–Trinajstić information content (AvgIpc) is 2.77. The zero-order valence-corrected chi connectivity index (χ0v) is 10.8. The largest absolute Gasteiger partial charge is 0.487 e. The molecule has 1 aliphatic heterocycles. The molecule has 1 fully saturated rings. The Morgan fingerprint density at radius 1 is 1.39 bits per heavy atom. The van der Waals surface area contributed by atoms with E-state index >= 15 is 0 Å². The van der Waals surface area contributed by atoms with Crippen LogP contribution in [0.1, 0.15) is 50.6 Å². The van der Waals surface area contributed by atoms with Crippen molar-refractivity contribution < 1.29 is 9.13 Å². The number of halogens is 1. The first-order valence-electron chi connectivity index (χ1n) is 6.94. The maximum Gasteiger partial charge on any atom is 0.127 e. The van der Waals surface area contributed by atoms with Crippen molar-refractivity contribution in [2.75, 3.05) is 6.54 Å². The van der Waals surface area contributed by atoms with Crippen molar-refractivity contribution in [2.24, 2.45) is 0 Å². The first-order valence-corrected chi connectivity index (χ1v) is 6.94. The average molecular weight is 249 g/mol. The summed E-state index contributed by atoms with van der Waals surface area (Å²) in [5.41, 5.74) is 1.06. The van der Waals surface area contributed by atoms with Crippen LogP contribution in [-0.4, -0.2) is 12.1 Å². The van der Waals surface area contributed by atoms with Crippen LogP contribution in [0.25, 0.3) is 0 Å². The van der Waals surface area contributed by atoms with Gasteiger partial charge in [0, 0.05) is 24.1 Å². The Balaban J connectivity index is 1.97. The van der Waals surface area contributed by atoms with E-state index in [4.69, 9.17) is 4.74 Å². The third kappa shape index (κ3) is 2.01. The number of nitrogens with one attached hydrogen (secondary N) is 1. The molecule has 0 radical (unpaired) electrons. The molecule has 1 atom stereocenters. The van der Waals surface area contributed by atoms with E-state index in [0.717, 1.165) is 37.1 Å². The molecule has 1 unspecified atom stereocenters. The molecule has 18 heavy (non-hydrogen) atoms. The summed E-state index contributed by atoms with van der Waals surface area (Å²) in [6, 6.07) is 5.23. The normalized spacial score (nSPS) is 24.9. The quantitative estimate of drug-likeness (QED) is 0.865. The van der Waals surface area contributed by atoms with Crippen molar-refractivity contribution in [2.45, 2.75) is 50.7 Å². The van der Waals surface area contributed by atoms with E-state index < -0.39 is 0 Å². The van der Waals surface area contributed by atoms with Crippen LogP contribution < -0.4 is 10.1 Å². The highest BCUT2D eigenvalue weighted by atomic mass is 19.1. The standard InChI is InChI=1S/C15H20FNO/c1-2-17-13-10-15(7-3-4-8-15)18-14-9-11(16)5-6-12(13)14/h5-6,9,13,17H,2-4,7-8,10H2,1H3. The van der Waals surface area contributed by atoms with Gasteiger partial charge in [0.25, 0.3) is 0 Å². The third-order valence-corrected chi connectivity index (χ3v) is 4.22. The highest BCUT2D eigenvalue weighted by Gasteiger charge is 2.42. The summed E-state index contributed by atoms with van der Waals surface area (Å²) in [4.78, 5) is 0. The van der Waals surface area contributed by atoms with Gasteiger partial charge in [0.1, 0.15) is 17.2 Å². The summed E-state index contributed by atoms with van der Waals surface area (Å²) in [6.07, 6.45) is 5.67. The Bertz CT molecular complexity index is 440. The predicted octanol–water partition coefficient (Wildman–Crippen LogP) is 3.57. The molecule has 1 N–H and O–H groups in total. The minimum absolute atomic E-state index is 0.0480. The summed E-state index contributed by atoms with van der Waals surface area (Å²) in [6.45, 7) is 3.04. The molecule has 0 saturated heterocycles. The zero-order chi connectivity index (χ0) is 12.6. The second kappa shape index (κ2) is 4.54. The van der Waals surface area contributed by atoms with Crippen molar-refractivity contribution in [1.29, 1.82) is 0 Å². The first kappa shape index (κ1) is 12.0. The monoisotopic (exact) mass is 249 g/mol. The molecule has 2 nitrogen and oxygen atoms in total. The van der Waals surface area contributed by atoms with Crippen LogP contribution >= 0.6 is 0 Å². The Labute approximate surface area is 108 Å². The van der Waals surface area contributed by atoms with Crippen molar-refractivity contribution in [3.8, 4) is 5.75 Å². The van der Waals surface area contributed by atoms with Crippen molar-refractivity contribution >= 4 is 0 Å². The summed E-state index contributed by atoms with van der Waals surface area (Å²) < 4.78 is 19.5. The van der Waals surface area contributed by atoms with Crippen LogP contribution in [0.5, 0.6) is 5.75 Å². The summed E-state index contributed by atoms with van der Waals surface area (Å²) in [5.74, 6) is 0.535. The number of ether oxygens (including phenoxy) is 1. The molecular weight excluding hydrogens is 229 g/mol. The van der Waals surface area contributed by atoms with Gasteiger partial charge in [-0.1, -0.05) is 13.0 Å². The second-order valence-electron chi connectivity index (χ2n) is 5.49. The molecule has 3 rings (SSSR count). The Morgan fingerprint density at radius 2 is 2.17 bits per heavy atom. The fourth-order valence-corrected chi connectivity index (χ4v) is 3.40. The van der Waals surface area contributed by atoms with Crippen LogP contribution in [0.4, 0.5) is 4.39 Å². The highest BCUT2D eigenvalue weighted by Crippen LogP contribution is 2.47. The number of rotatable bonds is 2. The van der Waals surface area contributed by atoms with Gasteiger partial charge in [0.15, 0.2) is 0 Å². The van der Waals surface area contributed by atoms with Crippen LogP contribution in [0.3, 0.4) is 0 Å². The maximum absolute atomic E-state index is 13.4. The summed E-state index contributed by atoms with van der Waals surface area (Å²) in [5, 5.41) is 3.51. The van der Waals surface area contributed by atoms with Gasteiger partial charge in [-0.25, -0.2) is 4.39 Å². The van der Waals surface area contributed by atoms with Gasteiger partial charge >= 0.3 is 0 Å². The van der Waals surface area contributed by atoms with E-state index in [9.17, 15) is 4.39 Å². The van der Waals surface area contributed by atoms with E-state index in [2.05, 4.69) is 12.2 Å². The summed E-state index contributed by atoms with van der Waals surface area (Å²) >= 11 is 0. The molecule has 1 aromatic carbocycles. The van der Waals surface area contributed by atoms with E-state index in [1.54, 1.807) is 6.07 Å². The Morgan fingerprint density at radius 3 is 2.89 bits per heavy atom. The van der Waals surface area contributed by atoms with Crippen LogP contribution in [0.15, 0.2) is 18.2 Å². The molecule has 1 saturated carbocycles. The van der Waals surface area contributed by atoms with Gasteiger partial charge in [-0.3, -0.25) is 0 Å². The number of hydrogen-bond donors (Lipinski definition) is 1. The number of hydrogen-bond acceptors (Lipinski definition) is 2. The minimum atomic E-state index is -0.209. The van der Waals surface area contributed by atoms with E-state index in [0.29, 0.717) is 6.04 Å². The number of benzene rings is 1. The lowest BCUT2D eigenvalue weighted by atomic mass is 9.86. The lowest BCUT2D eigenvalue weighted by Crippen LogP contribution is -2.42. The molecule has 0 amide bonds. The first-order chi connectivity index (χ1) is 8.72. The maximum atomic E-state index is 13.4. The van der Waals surface area contributed by atoms with Gasteiger partial charge in [-0.05, 0) is 38.3 Å².